The van der Waals surface area contributed by atoms with E-state index in [0.29, 0.717) is 28.1 Å². The Hall–Kier alpha value is -3.42. The van der Waals surface area contributed by atoms with Crippen molar-refractivity contribution in [2.45, 2.75) is 19.4 Å². The fraction of sp³-hybridized carbons (Fsp3) is 0.154. The number of thioether (sulfide) groups is 1. The number of amides is 2. The Labute approximate surface area is 206 Å². The van der Waals surface area contributed by atoms with Gasteiger partial charge in [0.25, 0.3) is 5.91 Å². The van der Waals surface area contributed by atoms with Crippen LogP contribution in [-0.2, 0) is 16.0 Å². The normalized spacial score (nSPS) is 16.5. The molecular weight excluding hydrogens is 468 g/mol. The number of fused-ring (bicyclic) bond motifs is 3. The smallest absolute Gasteiger partial charge is 0.259 e. The number of anilines is 1. The third kappa shape index (κ3) is 4.49. The van der Waals surface area contributed by atoms with E-state index in [4.69, 9.17) is 21.6 Å². The minimum atomic E-state index is -0.530. The molecule has 2 aliphatic rings. The lowest BCUT2D eigenvalue weighted by molar-refractivity contribution is -0.124. The van der Waals surface area contributed by atoms with E-state index in [2.05, 4.69) is 5.32 Å². The second-order valence-corrected chi connectivity index (χ2v) is 9.42. The van der Waals surface area contributed by atoms with Crippen molar-refractivity contribution >= 4 is 57.6 Å². The SMILES string of the molecule is Cc1ccc(Cl)cc1NC(=O)CSC1=Nc2ccccc2C2=N[C@@H](Cc3ccccc3)C(=O)N12. The Morgan fingerprint density at radius 1 is 1.09 bits per heavy atom. The van der Waals surface area contributed by atoms with E-state index in [9.17, 15) is 9.59 Å². The summed E-state index contributed by atoms with van der Waals surface area (Å²) in [4.78, 5) is 37.1. The number of para-hydroxylation sites is 1. The van der Waals surface area contributed by atoms with Crippen LogP contribution in [0.15, 0.2) is 82.8 Å². The summed E-state index contributed by atoms with van der Waals surface area (Å²) in [6.45, 7) is 1.90. The van der Waals surface area contributed by atoms with Crippen molar-refractivity contribution in [1.82, 2.24) is 4.90 Å². The van der Waals surface area contributed by atoms with Gasteiger partial charge in [-0.25, -0.2) is 9.89 Å². The van der Waals surface area contributed by atoms with Gasteiger partial charge in [-0.05, 0) is 42.3 Å². The van der Waals surface area contributed by atoms with Crippen LogP contribution < -0.4 is 5.32 Å². The van der Waals surface area contributed by atoms with Crippen molar-refractivity contribution in [2.75, 3.05) is 11.1 Å². The molecule has 0 aromatic heterocycles. The molecule has 0 radical (unpaired) electrons. The molecule has 0 fully saturated rings. The van der Waals surface area contributed by atoms with Crippen LogP contribution in [0.25, 0.3) is 0 Å². The number of halogens is 1. The monoisotopic (exact) mass is 488 g/mol. The second-order valence-electron chi connectivity index (χ2n) is 8.04. The summed E-state index contributed by atoms with van der Waals surface area (Å²) >= 11 is 7.28. The molecule has 0 unspecified atom stereocenters. The average Bonchev–Trinajstić information content (AvgIpc) is 3.17. The standard InChI is InChI=1S/C26H21ClN4O2S/c1-16-11-12-18(27)14-21(16)28-23(32)15-34-26-30-20-10-6-5-9-19(20)24-29-22(25(33)31(24)26)13-17-7-3-2-4-8-17/h2-12,14,22H,13,15H2,1H3,(H,28,32)/t22-/m0/s1. The average molecular weight is 489 g/mol. The van der Waals surface area contributed by atoms with Crippen molar-refractivity contribution < 1.29 is 9.59 Å². The molecule has 170 valence electrons. The number of nitrogens with one attached hydrogen (secondary N) is 1. The third-order valence-electron chi connectivity index (χ3n) is 5.63. The quantitative estimate of drug-likeness (QED) is 0.535. The predicted octanol–water partition coefficient (Wildman–Crippen LogP) is 5.22. The molecule has 2 heterocycles. The molecule has 2 aliphatic heterocycles. The van der Waals surface area contributed by atoms with Crippen molar-refractivity contribution in [2.24, 2.45) is 9.98 Å². The van der Waals surface area contributed by atoms with Gasteiger partial charge in [-0.15, -0.1) is 0 Å². The number of hydrogen-bond acceptors (Lipinski definition) is 5. The van der Waals surface area contributed by atoms with Gasteiger partial charge in [0.1, 0.15) is 11.9 Å². The first kappa shape index (κ1) is 22.4. The summed E-state index contributed by atoms with van der Waals surface area (Å²) in [5.74, 6) is 0.339. The molecule has 34 heavy (non-hydrogen) atoms. The molecular formula is C26H21ClN4O2S. The number of carbonyl (C=O) groups excluding carboxylic acids is 2. The van der Waals surface area contributed by atoms with Crippen LogP contribution >= 0.6 is 23.4 Å². The minimum Gasteiger partial charge on any atom is -0.325 e. The van der Waals surface area contributed by atoms with Crippen LogP contribution in [0, 0.1) is 6.92 Å². The fourth-order valence-electron chi connectivity index (χ4n) is 3.91. The Morgan fingerprint density at radius 3 is 2.68 bits per heavy atom. The zero-order valence-electron chi connectivity index (χ0n) is 18.4. The van der Waals surface area contributed by atoms with E-state index in [1.165, 1.54) is 11.8 Å². The lowest BCUT2D eigenvalue weighted by Crippen LogP contribution is -2.41. The summed E-state index contributed by atoms with van der Waals surface area (Å²) in [6, 6.07) is 22.3. The number of benzene rings is 3. The van der Waals surface area contributed by atoms with Crippen LogP contribution in [0.5, 0.6) is 0 Å². The van der Waals surface area contributed by atoms with Crippen molar-refractivity contribution in [3.63, 3.8) is 0 Å². The molecule has 0 saturated carbocycles. The van der Waals surface area contributed by atoms with E-state index >= 15 is 0 Å². The highest BCUT2D eigenvalue weighted by atomic mass is 35.5. The number of hydrogen-bond donors (Lipinski definition) is 1. The van der Waals surface area contributed by atoms with Crippen LogP contribution in [0.1, 0.15) is 16.7 Å². The predicted molar refractivity (Wildman–Crippen MR) is 138 cm³/mol. The maximum absolute atomic E-state index is 13.4. The van der Waals surface area contributed by atoms with Gasteiger partial charge in [0.05, 0.1) is 11.4 Å². The van der Waals surface area contributed by atoms with E-state index < -0.39 is 6.04 Å². The number of carbonyl (C=O) groups is 2. The Kier molecular flexibility index (Phi) is 6.22. The second kappa shape index (κ2) is 9.44. The number of aryl methyl sites for hydroxylation is 1. The molecule has 1 N–H and O–H groups in total. The zero-order valence-corrected chi connectivity index (χ0v) is 19.9. The molecule has 6 nitrogen and oxygen atoms in total. The number of nitrogens with zero attached hydrogens (tertiary/aromatic N) is 3. The van der Waals surface area contributed by atoms with Crippen LogP contribution in [0.2, 0.25) is 5.02 Å². The van der Waals surface area contributed by atoms with Crippen molar-refractivity contribution in [3.8, 4) is 0 Å². The number of amidine groups is 2. The van der Waals surface area contributed by atoms with Crippen LogP contribution in [-0.4, -0.2) is 39.5 Å². The van der Waals surface area contributed by atoms with Gasteiger partial charge in [0, 0.05) is 22.7 Å². The summed E-state index contributed by atoms with van der Waals surface area (Å²) in [7, 11) is 0. The Bertz CT molecular complexity index is 1340. The summed E-state index contributed by atoms with van der Waals surface area (Å²) < 4.78 is 0. The first-order chi connectivity index (χ1) is 16.5. The first-order valence-corrected chi connectivity index (χ1v) is 12.2. The van der Waals surface area contributed by atoms with Crippen molar-refractivity contribution in [1.29, 1.82) is 0 Å². The molecule has 1 atom stereocenters. The summed E-state index contributed by atoms with van der Waals surface area (Å²) in [5, 5.41) is 3.89. The lowest BCUT2D eigenvalue weighted by atomic mass is 10.1. The number of aliphatic imine (C=N–C) groups is 2. The maximum atomic E-state index is 13.4. The van der Waals surface area contributed by atoms with E-state index in [1.54, 1.807) is 17.0 Å². The molecule has 0 bridgehead atoms. The zero-order chi connectivity index (χ0) is 23.7. The van der Waals surface area contributed by atoms with Gasteiger partial charge in [0.15, 0.2) is 5.17 Å². The van der Waals surface area contributed by atoms with Crippen LogP contribution in [0.3, 0.4) is 0 Å². The molecule has 3 aromatic rings. The first-order valence-electron chi connectivity index (χ1n) is 10.8. The fourth-order valence-corrected chi connectivity index (χ4v) is 4.89. The molecule has 2 amide bonds. The Morgan fingerprint density at radius 2 is 1.85 bits per heavy atom. The topological polar surface area (TPSA) is 74.1 Å². The van der Waals surface area contributed by atoms with Gasteiger partial charge in [-0.3, -0.25) is 14.6 Å². The maximum Gasteiger partial charge on any atom is 0.259 e. The molecule has 5 rings (SSSR count). The van der Waals surface area contributed by atoms with E-state index in [-0.39, 0.29) is 17.6 Å². The van der Waals surface area contributed by atoms with Crippen molar-refractivity contribution in [3.05, 3.63) is 94.5 Å². The third-order valence-corrected chi connectivity index (χ3v) is 6.80. The van der Waals surface area contributed by atoms with Gasteiger partial charge < -0.3 is 5.32 Å². The molecule has 0 aliphatic carbocycles. The molecule has 0 saturated heterocycles. The highest BCUT2D eigenvalue weighted by molar-refractivity contribution is 8.14. The number of rotatable bonds is 5. The lowest BCUT2D eigenvalue weighted by Gasteiger charge is -2.25. The van der Waals surface area contributed by atoms with Gasteiger partial charge in [-0.2, -0.15) is 0 Å². The van der Waals surface area contributed by atoms with Gasteiger partial charge >= 0.3 is 0 Å². The molecule has 8 heteroatoms. The summed E-state index contributed by atoms with van der Waals surface area (Å²) in [6.07, 6.45) is 0.508. The summed E-state index contributed by atoms with van der Waals surface area (Å²) in [5.41, 5.74) is 4.17. The molecule has 0 spiro atoms. The molecule has 3 aromatic carbocycles. The largest absolute Gasteiger partial charge is 0.325 e. The Balaban J connectivity index is 1.37. The highest BCUT2D eigenvalue weighted by Gasteiger charge is 2.41. The van der Waals surface area contributed by atoms with E-state index in [0.717, 1.165) is 22.4 Å². The van der Waals surface area contributed by atoms with Crippen LogP contribution in [0.4, 0.5) is 11.4 Å². The van der Waals surface area contributed by atoms with E-state index in [1.807, 2.05) is 67.6 Å². The highest BCUT2D eigenvalue weighted by Crippen LogP contribution is 2.34. The van der Waals surface area contributed by atoms with Gasteiger partial charge in [0.2, 0.25) is 5.91 Å². The van der Waals surface area contributed by atoms with Gasteiger partial charge in [-0.1, -0.05) is 71.9 Å². The minimum absolute atomic E-state index is 0.0906.